The van der Waals surface area contributed by atoms with Crippen LogP contribution in [0.1, 0.15) is 40.4 Å². The standard InChI is InChI=1S/C12H14O3/c1-15-12(14)9-6-2-4-8-5-3-7-10(13)11(8)9/h2,4,6,10,13H,3,5,7H2,1H3. The van der Waals surface area contributed by atoms with Crippen LogP contribution in [0.4, 0.5) is 0 Å². The minimum absolute atomic E-state index is 0.368. The fraction of sp³-hybridized carbons (Fsp3) is 0.417. The van der Waals surface area contributed by atoms with Crippen molar-refractivity contribution in [3.8, 4) is 0 Å². The third-order valence-electron chi connectivity index (χ3n) is 2.86. The van der Waals surface area contributed by atoms with Gasteiger partial charge < -0.3 is 9.84 Å². The van der Waals surface area contributed by atoms with Crippen molar-refractivity contribution in [1.29, 1.82) is 0 Å². The molecular weight excluding hydrogens is 192 g/mol. The van der Waals surface area contributed by atoms with Gasteiger partial charge in [0.2, 0.25) is 0 Å². The molecule has 0 bridgehead atoms. The number of ether oxygens (including phenoxy) is 1. The number of aliphatic hydroxyl groups excluding tert-OH is 1. The lowest BCUT2D eigenvalue weighted by Gasteiger charge is -2.23. The maximum atomic E-state index is 11.5. The number of hydrogen-bond acceptors (Lipinski definition) is 3. The van der Waals surface area contributed by atoms with Crippen molar-refractivity contribution >= 4 is 5.97 Å². The predicted molar refractivity (Wildman–Crippen MR) is 55.7 cm³/mol. The van der Waals surface area contributed by atoms with E-state index in [1.165, 1.54) is 7.11 Å². The van der Waals surface area contributed by atoms with Crippen LogP contribution >= 0.6 is 0 Å². The normalized spacial score (nSPS) is 19.5. The lowest BCUT2D eigenvalue weighted by atomic mass is 9.86. The molecule has 0 amide bonds. The van der Waals surface area contributed by atoms with Crippen molar-refractivity contribution in [2.24, 2.45) is 0 Å². The van der Waals surface area contributed by atoms with Gasteiger partial charge in [0.05, 0.1) is 18.8 Å². The maximum absolute atomic E-state index is 11.5. The molecule has 80 valence electrons. The fourth-order valence-corrected chi connectivity index (χ4v) is 2.14. The molecule has 1 atom stereocenters. The van der Waals surface area contributed by atoms with E-state index in [2.05, 4.69) is 0 Å². The molecule has 1 aromatic rings. The first-order valence-corrected chi connectivity index (χ1v) is 5.12. The molecule has 1 aromatic carbocycles. The molecule has 0 saturated heterocycles. The molecule has 0 aromatic heterocycles. The Balaban J connectivity index is 2.51. The molecule has 0 spiro atoms. The number of aliphatic hydroxyl groups is 1. The second-order valence-electron chi connectivity index (χ2n) is 3.78. The fourth-order valence-electron chi connectivity index (χ4n) is 2.14. The number of hydrogen-bond donors (Lipinski definition) is 1. The number of methoxy groups -OCH3 is 1. The van der Waals surface area contributed by atoms with Crippen LogP contribution < -0.4 is 0 Å². The molecule has 1 unspecified atom stereocenters. The summed E-state index contributed by atoms with van der Waals surface area (Å²) in [5.41, 5.74) is 2.33. The van der Waals surface area contributed by atoms with Crippen molar-refractivity contribution in [2.75, 3.05) is 7.11 Å². The number of esters is 1. The van der Waals surface area contributed by atoms with Gasteiger partial charge in [-0.15, -0.1) is 0 Å². The van der Waals surface area contributed by atoms with Crippen LogP contribution in [0.25, 0.3) is 0 Å². The Hall–Kier alpha value is -1.35. The summed E-state index contributed by atoms with van der Waals surface area (Å²) < 4.78 is 4.70. The summed E-state index contributed by atoms with van der Waals surface area (Å²) in [4.78, 5) is 11.5. The zero-order chi connectivity index (χ0) is 10.8. The van der Waals surface area contributed by atoms with Gasteiger partial charge in [0.25, 0.3) is 0 Å². The van der Waals surface area contributed by atoms with E-state index >= 15 is 0 Å². The summed E-state index contributed by atoms with van der Waals surface area (Å²) in [7, 11) is 1.36. The van der Waals surface area contributed by atoms with E-state index in [0.29, 0.717) is 5.56 Å². The quantitative estimate of drug-likeness (QED) is 0.713. The Bertz CT molecular complexity index is 384. The molecule has 3 heteroatoms. The van der Waals surface area contributed by atoms with E-state index in [-0.39, 0.29) is 5.97 Å². The zero-order valence-electron chi connectivity index (χ0n) is 8.69. The first-order valence-electron chi connectivity index (χ1n) is 5.12. The van der Waals surface area contributed by atoms with Gasteiger partial charge in [-0.05, 0) is 36.5 Å². The number of aryl methyl sites for hydroxylation is 1. The van der Waals surface area contributed by atoms with Crippen molar-refractivity contribution in [2.45, 2.75) is 25.4 Å². The van der Waals surface area contributed by atoms with Crippen LogP contribution in [-0.2, 0) is 11.2 Å². The Kier molecular flexibility index (Phi) is 2.73. The third-order valence-corrected chi connectivity index (χ3v) is 2.86. The number of carbonyl (C=O) groups is 1. The minimum atomic E-state index is -0.524. The van der Waals surface area contributed by atoms with Crippen molar-refractivity contribution in [3.05, 3.63) is 34.9 Å². The van der Waals surface area contributed by atoms with E-state index < -0.39 is 6.10 Å². The molecule has 15 heavy (non-hydrogen) atoms. The minimum Gasteiger partial charge on any atom is -0.465 e. The van der Waals surface area contributed by atoms with Crippen molar-refractivity contribution < 1.29 is 14.6 Å². The molecule has 0 fully saturated rings. The van der Waals surface area contributed by atoms with Gasteiger partial charge in [-0.3, -0.25) is 0 Å². The lowest BCUT2D eigenvalue weighted by molar-refractivity contribution is 0.0590. The van der Waals surface area contributed by atoms with E-state index in [1.54, 1.807) is 6.07 Å². The second kappa shape index (κ2) is 4.03. The van der Waals surface area contributed by atoms with Gasteiger partial charge in [0.15, 0.2) is 0 Å². The van der Waals surface area contributed by atoms with E-state index in [4.69, 9.17) is 4.74 Å². The first kappa shape index (κ1) is 10.2. The second-order valence-corrected chi connectivity index (χ2v) is 3.78. The molecule has 1 aliphatic carbocycles. The third kappa shape index (κ3) is 1.75. The van der Waals surface area contributed by atoms with Crippen LogP contribution in [0.15, 0.2) is 18.2 Å². The Morgan fingerprint density at radius 1 is 1.53 bits per heavy atom. The van der Waals surface area contributed by atoms with Gasteiger partial charge in [-0.1, -0.05) is 12.1 Å². The van der Waals surface area contributed by atoms with Crippen LogP contribution in [0.5, 0.6) is 0 Å². The molecule has 1 N–H and O–H groups in total. The van der Waals surface area contributed by atoms with Crippen LogP contribution in [0.2, 0.25) is 0 Å². The van der Waals surface area contributed by atoms with E-state index in [9.17, 15) is 9.90 Å². The highest BCUT2D eigenvalue weighted by atomic mass is 16.5. The van der Waals surface area contributed by atoms with E-state index in [1.807, 2.05) is 12.1 Å². The average Bonchev–Trinajstić information content (AvgIpc) is 2.28. The first-order chi connectivity index (χ1) is 7.24. The van der Waals surface area contributed by atoms with Gasteiger partial charge >= 0.3 is 5.97 Å². The maximum Gasteiger partial charge on any atom is 0.338 e. The number of carbonyl (C=O) groups excluding carboxylic acids is 1. The molecule has 0 heterocycles. The molecule has 3 nitrogen and oxygen atoms in total. The summed E-state index contributed by atoms with van der Waals surface area (Å²) in [6, 6.07) is 5.51. The Morgan fingerprint density at radius 3 is 3.07 bits per heavy atom. The van der Waals surface area contributed by atoms with Gasteiger partial charge in [0.1, 0.15) is 0 Å². The smallest absolute Gasteiger partial charge is 0.338 e. The highest BCUT2D eigenvalue weighted by Gasteiger charge is 2.24. The molecule has 1 aliphatic rings. The summed E-state index contributed by atoms with van der Waals surface area (Å²) in [5, 5.41) is 9.88. The molecule has 0 aliphatic heterocycles. The van der Waals surface area contributed by atoms with Gasteiger partial charge in [0, 0.05) is 0 Å². The Labute approximate surface area is 88.7 Å². The number of rotatable bonds is 1. The van der Waals surface area contributed by atoms with Crippen LogP contribution in [0.3, 0.4) is 0 Å². The van der Waals surface area contributed by atoms with Gasteiger partial charge in [-0.2, -0.15) is 0 Å². The average molecular weight is 206 g/mol. The molecule has 0 saturated carbocycles. The monoisotopic (exact) mass is 206 g/mol. The topological polar surface area (TPSA) is 46.5 Å². The number of benzene rings is 1. The van der Waals surface area contributed by atoms with Gasteiger partial charge in [-0.25, -0.2) is 4.79 Å². The summed E-state index contributed by atoms with van der Waals surface area (Å²) in [6.45, 7) is 0. The van der Waals surface area contributed by atoms with Crippen LogP contribution in [-0.4, -0.2) is 18.2 Å². The SMILES string of the molecule is COC(=O)c1cccc2c1C(O)CCC2. The van der Waals surface area contributed by atoms with Crippen molar-refractivity contribution in [3.63, 3.8) is 0 Å². The van der Waals surface area contributed by atoms with E-state index in [0.717, 1.165) is 30.4 Å². The molecular formula is C12H14O3. The Morgan fingerprint density at radius 2 is 2.33 bits per heavy atom. The summed E-state index contributed by atoms with van der Waals surface area (Å²) >= 11 is 0. The summed E-state index contributed by atoms with van der Waals surface area (Å²) in [6.07, 6.45) is 2.10. The largest absolute Gasteiger partial charge is 0.465 e. The number of fused-ring (bicyclic) bond motifs is 1. The lowest BCUT2D eigenvalue weighted by Crippen LogP contribution is -2.15. The highest BCUT2D eigenvalue weighted by Crippen LogP contribution is 2.32. The predicted octanol–water partition coefficient (Wildman–Crippen LogP) is 1.84. The molecule has 2 rings (SSSR count). The molecule has 0 radical (unpaired) electrons. The van der Waals surface area contributed by atoms with Crippen molar-refractivity contribution in [1.82, 2.24) is 0 Å². The highest BCUT2D eigenvalue weighted by molar-refractivity contribution is 5.91. The van der Waals surface area contributed by atoms with Crippen LogP contribution in [0, 0.1) is 0 Å². The zero-order valence-corrected chi connectivity index (χ0v) is 8.69. The summed E-state index contributed by atoms with van der Waals surface area (Å²) in [5.74, 6) is -0.368.